The number of ether oxygens (including phenoxy) is 1. The lowest BCUT2D eigenvalue weighted by atomic mass is 10.1. The van der Waals surface area contributed by atoms with Crippen molar-refractivity contribution in [2.24, 2.45) is 0 Å². The van der Waals surface area contributed by atoms with E-state index in [1.807, 2.05) is 24.3 Å². The van der Waals surface area contributed by atoms with E-state index in [-0.39, 0.29) is 30.7 Å². The third-order valence-electron chi connectivity index (χ3n) is 6.73. The van der Waals surface area contributed by atoms with Gasteiger partial charge in [0, 0.05) is 15.0 Å². The minimum atomic E-state index is -0.578. The molecule has 0 unspecified atom stereocenters. The highest BCUT2D eigenvalue weighted by Crippen LogP contribution is 2.38. The number of furan rings is 1. The topological polar surface area (TPSA) is 128 Å². The summed E-state index contributed by atoms with van der Waals surface area (Å²) in [6.07, 6.45) is 6.31. The van der Waals surface area contributed by atoms with E-state index in [9.17, 15) is 14.4 Å². The number of esters is 1. The fourth-order valence-corrected chi connectivity index (χ4v) is 7.10. The number of thioether (sulfide) groups is 1. The molecule has 0 radical (unpaired) electrons. The number of halogens is 1. The highest BCUT2D eigenvalue weighted by Gasteiger charge is 2.29. The molecule has 1 atom stereocenters. The number of aromatic nitrogens is 3. The summed E-state index contributed by atoms with van der Waals surface area (Å²) in [5.41, 5.74) is 2.26. The molecular formula is C29H30BrN5O5S2. The van der Waals surface area contributed by atoms with Crippen molar-refractivity contribution >= 4 is 61.8 Å². The van der Waals surface area contributed by atoms with E-state index in [1.54, 1.807) is 30.5 Å². The van der Waals surface area contributed by atoms with E-state index in [4.69, 9.17) is 9.15 Å². The summed E-state index contributed by atoms with van der Waals surface area (Å²) < 4.78 is 13.2. The van der Waals surface area contributed by atoms with E-state index in [2.05, 4.69) is 36.8 Å². The van der Waals surface area contributed by atoms with Crippen LogP contribution in [0.3, 0.4) is 0 Å². The highest BCUT2D eigenvalue weighted by atomic mass is 79.9. The largest absolute Gasteiger partial charge is 0.462 e. The monoisotopic (exact) mass is 671 g/mol. The van der Waals surface area contributed by atoms with Crippen molar-refractivity contribution in [3.8, 4) is 5.69 Å². The van der Waals surface area contributed by atoms with Crippen molar-refractivity contribution < 1.29 is 23.5 Å². The van der Waals surface area contributed by atoms with Gasteiger partial charge in [-0.3, -0.25) is 14.2 Å². The molecule has 10 nitrogen and oxygen atoms in total. The van der Waals surface area contributed by atoms with Crippen LogP contribution in [0.15, 0.2) is 56.7 Å². The summed E-state index contributed by atoms with van der Waals surface area (Å²) in [4.78, 5) is 40.0. The van der Waals surface area contributed by atoms with Crippen LogP contribution in [0, 0.1) is 0 Å². The Hall–Kier alpha value is -3.42. The van der Waals surface area contributed by atoms with Gasteiger partial charge >= 0.3 is 5.97 Å². The fraction of sp³-hybridized carbons (Fsp3) is 0.345. The molecule has 2 amide bonds. The van der Waals surface area contributed by atoms with Gasteiger partial charge in [-0.05, 0) is 81.5 Å². The SMILES string of the molecule is CCOC(=O)c1c(NC(=O)[C@@H](C)Sc2nnc(CNC(=O)c3ccco3)n2-c2ccc(Br)cc2)sc2c1CCCCC2. The number of aryl methyl sites for hydroxylation is 1. The maximum absolute atomic E-state index is 13.5. The zero-order valence-electron chi connectivity index (χ0n) is 23.1. The third-order valence-corrected chi connectivity index (χ3v) is 9.50. The van der Waals surface area contributed by atoms with Crippen molar-refractivity contribution in [3.05, 3.63) is 74.7 Å². The number of amides is 2. The van der Waals surface area contributed by atoms with Crippen LogP contribution >= 0.6 is 39.0 Å². The number of hydrogen-bond acceptors (Lipinski definition) is 9. The predicted octanol–water partition coefficient (Wildman–Crippen LogP) is 6.18. The molecule has 1 aliphatic rings. The summed E-state index contributed by atoms with van der Waals surface area (Å²) in [5.74, 6) is -0.362. The molecule has 42 heavy (non-hydrogen) atoms. The maximum Gasteiger partial charge on any atom is 0.341 e. The van der Waals surface area contributed by atoms with Gasteiger partial charge in [-0.15, -0.1) is 21.5 Å². The minimum absolute atomic E-state index is 0.0907. The van der Waals surface area contributed by atoms with Crippen molar-refractivity contribution in [1.82, 2.24) is 20.1 Å². The Kier molecular flexibility index (Phi) is 9.80. The van der Waals surface area contributed by atoms with Gasteiger partial charge in [0.2, 0.25) is 5.91 Å². The Bertz CT molecular complexity index is 1570. The summed E-state index contributed by atoms with van der Waals surface area (Å²) in [7, 11) is 0. The van der Waals surface area contributed by atoms with Gasteiger partial charge in [0.05, 0.1) is 30.2 Å². The second kappa shape index (κ2) is 13.7. The van der Waals surface area contributed by atoms with Gasteiger partial charge in [-0.2, -0.15) is 0 Å². The Morgan fingerprint density at radius 1 is 1.14 bits per heavy atom. The van der Waals surface area contributed by atoms with Crippen LogP contribution in [0.2, 0.25) is 0 Å². The Morgan fingerprint density at radius 3 is 2.67 bits per heavy atom. The molecule has 1 aliphatic carbocycles. The van der Waals surface area contributed by atoms with Gasteiger partial charge in [-0.25, -0.2) is 4.79 Å². The standard InChI is InChI=1S/C29H30BrN5O5S2/c1-3-39-28(38)24-20-8-5-4-6-10-22(20)42-27(24)32-25(36)17(2)41-29-34-33-23(16-31-26(37)21-9-7-15-40-21)35(29)19-13-11-18(30)12-14-19/h7,9,11-15,17H,3-6,8,10,16H2,1-2H3,(H,31,37)(H,32,36)/t17-/m1/s1. The predicted molar refractivity (Wildman–Crippen MR) is 164 cm³/mol. The summed E-state index contributed by atoms with van der Waals surface area (Å²) in [6.45, 7) is 3.91. The summed E-state index contributed by atoms with van der Waals surface area (Å²) in [5, 5.41) is 14.9. The van der Waals surface area contributed by atoms with Crippen molar-refractivity contribution in [2.75, 3.05) is 11.9 Å². The van der Waals surface area contributed by atoms with Crippen molar-refractivity contribution in [2.45, 2.75) is 62.9 Å². The second-order valence-electron chi connectivity index (χ2n) is 9.61. The zero-order valence-corrected chi connectivity index (χ0v) is 26.4. The van der Waals surface area contributed by atoms with Crippen LogP contribution in [0.1, 0.15) is 70.3 Å². The van der Waals surface area contributed by atoms with Crippen LogP contribution in [0.4, 0.5) is 5.00 Å². The highest BCUT2D eigenvalue weighted by molar-refractivity contribution is 9.10. The molecule has 0 spiro atoms. The first kappa shape index (κ1) is 30.1. The number of benzene rings is 1. The number of fused-ring (bicyclic) bond motifs is 1. The zero-order chi connectivity index (χ0) is 29.6. The number of hydrogen-bond donors (Lipinski definition) is 2. The van der Waals surface area contributed by atoms with Gasteiger partial charge < -0.3 is 19.8 Å². The normalized spacial score (nSPS) is 13.6. The average molecular weight is 673 g/mol. The van der Waals surface area contributed by atoms with E-state index >= 15 is 0 Å². The quantitative estimate of drug-likeness (QED) is 0.116. The average Bonchev–Trinajstić information content (AvgIpc) is 3.69. The molecule has 13 heteroatoms. The molecule has 3 heterocycles. The van der Waals surface area contributed by atoms with Gasteiger partial charge in [0.25, 0.3) is 5.91 Å². The van der Waals surface area contributed by atoms with Crippen LogP contribution in [0.25, 0.3) is 5.69 Å². The lowest BCUT2D eigenvalue weighted by molar-refractivity contribution is -0.115. The number of carbonyl (C=O) groups is 3. The van der Waals surface area contributed by atoms with Crippen LogP contribution < -0.4 is 10.6 Å². The minimum Gasteiger partial charge on any atom is -0.462 e. The fourth-order valence-electron chi connectivity index (χ4n) is 4.67. The van der Waals surface area contributed by atoms with Gasteiger partial charge in [0.15, 0.2) is 16.7 Å². The van der Waals surface area contributed by atoms with Gasteiger partial charge in [-0.1, -0.05) is 34.1 Å². The molecule has 3 aromatic heterocycles. The number of rotatable bonds is 10. The smallest absolute Gasteiger partial charge is 0.341 e. The molecular weight excluding hydrogens is 642 g/mol. The summed E-state index contributed by atoms with van der Waals surface area (Å²) >= 11 is 6.16. The van der Waals surface area contributed by atoms with Crippen LogP contribution in [-0.4, -0.2) is 44.4 Å². The van der Waals surface area contributed by atoms with E-state index in [0.29, 0.717) is 21.5 Å². The lowest BCUT2D eigenvalue weighted by Gasteiger charge is -2.14. The Morgan fingerprint density at radius 2 is 1.93 bits per heavy atom. The molecule has 5 rings (SSSR count). The van der Waals surface area contributed by atoms with E-state index in [0.717, 1.165) is 52.7 Å². The molecule has 1 aromatic carbocycles. The molecule has 0 fully saturated rings. The molecule has 0 saturated heterocycles. The molecule has 220 valence electrons. The lowest BCUT2D eigenvalue weighted by Crippen LogP contribution is -2.25. The number of thiophene rings is 1. The number of nitrogens with one attached hydrogen (secondary N) is 2. The molecule has 4 aromatic rings. The third kappa shape index (κ3) is 6.79. The molecule has 0 saturated carbocycles. The van der Waals surface area contributed by atoms with E-state index < -0.39 is 11.2 Å². The first-order chi connectivity index (χ1) is 20.4. The number of anilines is 1. The first-order valence-electron chi connectivity index (χ1n) is 13.7. The Labute approximate surface area is 259 Å². The first-order valence-corrected chi connectivity index (χ1v) is 16.2. The molecule has 0 aliphatic heterocycles. The van der Waals surface area contributed by atoms with Gasteiger partial charge in [0.1, 0.15) is 5.00 Å². The summed E-state index contributed by atoms with van der Waals surface area (Å²) in [6, 6.07) is 10.8. The van der Waals surface area contributed by atoms with Crippen LogP contribution in [-0.2, 0) is 28.9 Å². The van der Waals surface area contributed by atoms with Crippen LogP contribution in [0.5, 0.6) is 0 Å². The molecule has 0 bridgehead atoms. The van der Waals surface area contributed by atoms with E-state index in [1.165, 1.54) is 29.4 Å². The number of nitrogens with zero attached hydrogens (tertiary/aromatic N) is 3. The molecule has 2 N–H and O–H groups in total. The number of carbonyl (C=O) groups excluding carboxylic acids is 3. The maximum atomic E-state index is 13.5. The Balaban J connectivity index is 1.37. The second-order valence-corrected chi connectivity index (χ2v) is 12.9. The van der Waals surface area contributed by atoms with Crippen molar-refractivity contribution in [1.29, 1.82) is 0 Å². The van der Waals surface area contributed by atoms with Crippen molar-refractivity contribution in [3.63, 3.8) is 0 Å².